The molecule has 84 heavy (non-hydrogen) atoms. The molecule has 4 aliphatic carbocycles. The topological polar surface area (TPSA) is 140 Å². The van der Waals surface area contributed by atoms with Gasteiger partial charge in [-0.05, 0) is 209 Å². The van der Waals surface area contributed by atoms with E-state index in [-0.39, 0.29) is 66.9 Å². The van der Waals surface area contributed by atoms with E-state index in [1.807, 2.05) is 36.0 Å². The van der Waals surface area contributed by atoms with Crippen LogP contribution in [-0.2, 0) is 55.1 Å². The van der Waals surface area contributed by atoms with Gasteiger partial charge in [-0.3, -0.25) is 0 Å². The van der Waals surface area contributed by atoms with Gasteiger partial charge in [0.1, 0.15) is 11.6 Å². The maximum Gasteiger partial charge on any atom is 0.417 e. The highest BCUT2D eigenvalue weighted by molar-refractivity contribution is 7.89. The molecule has 4 fully saturated rings. The number of benzene rings is 5. The molecule has 2 aliphatic heterocycles. The van der Waals surface area contributed by atoms with Gasteiger partial charge < -0.3 is 9.84 Å². The SMILES string of the molecule is C[C@@]1(O)CC[C@@]2(CN3CCCS3(=O)=O)c3cc4cnn(-c5ccc(F)cc5)c4cc3CCC[C@@H]2C1.FC(F)F.O=S1(=O)CCCN1C[C@@]12CC[C@](OCc3ccccc3)(C(F)(F)F)C[C@H]1CCCc1cc3c(cnn3-c3ccc(F)cc3)cc12. The van der Waals surface area contributed by atoms with Gasteiger partial charge in [0, 0.05) is 47.8 Å². The molecule has 0 unspecified atom stereocenters. The van der Waals surface area contributed by atoms with Crippen molar-refractivity contribution in [2.24, 2.45) is 11.8 Å². The van der Waals surface area contributed by atoms with Crippen LogP contribution in [0.25, 0.3) is 33.2 Å². The quantitative estimate of drug-likeness (QED) is 0.141. The minimum atomic E-state index is -4.59. The molecule has 22 heteroatoms. The van der Waals surface area contributed by atoms with Crippen molar-refractivity contribution in [3.8, 4) is 11.4 Å². The van der Waals surface area contributed by atoms with Crippen molar-refractivity contribution in [2.75, 3.05) is 37.7 Å². The fourth-order valence-corrected chi connectivity index (χ4v) is 17.9. The molecule has 0 amide bonds. The Bertz CT molecular complexity index is 3730. The number of hydrogen-bond donors (Lipinski definition) is 1. The first-order valence-electron chi connectivity index (χ1n) is 28.8. The summed E-state index contributed by atoms with van der Waals surface area (Å²) in [5.41, 5.74) is 4.14. The van der Waals surface area contributed by atoms with Crippen molar-refractivity contribution in [3.63, 3.8) is 0 Å². The van der Waals surface area contributed by atoms with Crippen molar-refractivity contribution >= 4 is 41.9 Å². The van der Waals surface area contributed by atoms with Crippen LogP contribution in [0.3, 0.4) is 0 Å². The molecule has 4 heterocycles. The van der Waals surface area contributed by atoms with E-state index in [1.165, 1.54) is 39.7 Å². The molecular formula is C62H68F8N6O6S2. The van der Waals surface area contributed by atoms with E-state index in [2.05, 4.69) is 22.3 Å². The number of hydrogen-bond acceptors (Lipinski definition) is 8. The van der Waals surface area contributed by atoms with Gasteiger partial charge in [0.25, 0.3) is 0 Å². The third kappa shape index (κ3) is 11.8. The summed E-state index contributed by atoms with van der Waals surface area (Å²) in [6.07, 6.45) is 6.61. The molecule has 0 radical (unpaired) electrons. The minimum Gasteiger partial charge on any atom is -0.390 e. The van der Waals surface area contributed by atoms with Gasteiger partial charge in [-0.2, -0.15) is 36.5 Å². The number of sulfonamides is 2. The zero-order valence-corrected chi connectivity index (χ0v) is 48.2. The number of aliphatic hydroxyl groups is 1. The number of aromatic nitrogens is 4. The molecule has 2 saturated heterocycles. The van der Waals surface area contributed by atoms with Crippen molar-refractivity contribution < 1.29 is 61.8 Å². The molecule has 0 spiro atoms. The molecule has 7 aromatic rings. The summed E-state index contributed by atoms with van der Waals surface area (Å²) in [6, 6.07) is 29.8. The van der Waals surface area contributed by atoms with E-state index in [9.17, 15) is 43.9 Å². The van der Waals surface area contributed by atoms with Crippen LogP contribution in [0, 0.1) is 23.5 Å². The van der Waals surface area contributed by atoms with Gasteiger partial charge in [-0.15, -0.1) is 0 Å². The smallest absolute Gasteiger partial charge is 0.390 e. The van der Waals surface area contributed by atoms with Gasteiger partial charge in [-0.1, -0.05) is 30.3 Å². The van der Waals surface area contributed by atoms with Gasteiger partial charge >= 0.3 is 12.9 Å². The lowest BCUT2D eigenvalue weighted by Gasteiger charge is -2.53. The molecule has 2 saturated carbocycles. The third-order valence-electron chi connectivity index (χ3n) is 18.9. The highest BCUT2D eigenvalue weighted by atomic mass is 32.2. The summed E-state index contributed by atoms with van der Waals surface area (Å²) >= 11 is 0. The molecule has 0 bridgehead atoms. The normalized spacial score (nSPS) is 27.6. The molecule has 5 aromatic carbocycles. The number of aryl methyl sites for hydroxylation is 2. The highest BCUT2D eigenvalue weighted by Crippen LogP contribution is 2.58. The lowest BCUT2D eigenvalue weighted by Crippen LogP contribution is -2.59. The second-order valence-electron chi connectivity index (χ2n) is 24.1. The molecular weight excluding hydrogens is 1140 g/mol. The van der Waals surface area contributed by atoms with Crippen LogP contribution in [0.1, 0.15) is 112 Å². The molecule has 1 N–H and O–H groups in total. The van der Waals surface area contributed by atoms with Crippen molar-refractivity contribution in [1.29, 1.82) is 0 Å². The second kappa shape index (κ2) is 23.1. The van der Waals surface area contributed by atoms with Crippen LogP contribution < -0.4 is 0 Å². The Hall–Kier alpha value is -5.78. The van der Waals surface area contributed by atoms with E-state index >= 15 is 13.2 Å². The number of rotatable bonds is 9. The Labute approximate surface area is 483 Å². The zero-order valence-electron chi connectivity index (χ0n) is 46.6. The van der Waals surface area contributed by atoms with E-state index in [4.69, 9.17) is 4.74 Å². The maximum absolute atomic E-state index is 15.0. The Morgan fingerprint density at radius 2 is 1.08 bits per heavy atom. The van der Waals surface area contributed by atoms with Crippen LogP contribution >= 0.6 is 0 Å². The standard InChI is InChI=1S/C34H35F4N3O3S.C27H32FN3O3S.CHF3/c35-28-10-12-29(13-11-28)41-31-19-25-8-4-9-27-20-33(34(36,37)38,44-22-24-6-2-1-3-7-24)15-14-32(27,30(25)18-26(31)21-39-41)23-40-16-5-17-45(40,42)43;1-26(32)10-11-27(18-30-12-3-13-35(30,33)34)21(16-26)5-2-4-19-15-25-20(14-24(19)27)17-29-31(25)23-8-6-22(28)7-9-23;2-1(3)4/h1-3,6-7,10-13,18-19,21,27H,4-5,8-9,14-17,20,22-23H2;6-9,14-15,17,21,32H,2-5,10-13,16,18H2,1H3;1H/t27-,32+,33-;21-,26-,27+;/m11./s1. The van der Waals surface area contributed by atoms with Gasteiger partial charge in [-0.25, -0.2) is 43.6 Å². The van der Waals surface area contributed by atoms with E-state index < -0.39 is 55.4 Å². The molecule has 6 aliphatic rings. The number of alkyl halides is 6. The Balaban J connectivity index is 0.000000169. The van der Waals surface area contributed by atoms with Gasteiger partial charge in [0.15, 0.2) is 5.60 Å². The molecule has 6 atom stereocenters. The van der Waals surface area contributed by atoms with E-state index in [1.54, 1.807) is 63.7 Å². The molecule has 13 rings (SSSR count). The van der Waals surface area contributed by atoms with E-state index in [0.717, 1.165) is 64.3 Å². The molecule has 12 nitrogen and oxygen atoms in total. The summed E-state index contributed by atoms with van der Waals surface area (Å²) in [5, 5.41) is 22.0. The summed E-state index contributed by atoms with van der Waals surface area (Å²) in [6.45, 7) is -0.317. The fourth-order valence-electron chi connectivity index (χ4n) is 14.8. The van der Waals surface area contributed by atoms with Crippen molar-refractivity contribution in [2.45, 2.75) is 138 Å². The number of nitrogens with zero attached hydrogens (tertiary/aromatic N) is 6. The van der Waals surface area contributed by atoms with Crippen LogP contribution in [-0.4, -0.2) is 112 Å². The Kier molecular flexibility index (Phi) is 16.5. The van der Waals surface area contributed by atoms with Crippen LogP contribution in [0.5, 0.6) is 0 Å². The summed E-state index contributed by atoms with van der Waals surface area (Å²) in [7, 11) is -6.74. The number of ether oxygens (including phenoxy) is 1. The molecule has 2 aromatic heterocycles. The van der Waals surface area contributed by atoms with Crippen LogP contribution in [0.2, 0.25) is 0 Å². The monoisotopic (exact) mass is 1210 g/mol. The largest absolute Gasteiger partial charge is 0.417 e. The van der Waals surface area contributed by atoms with Gasteiger partial charge in [0.2, 0.25) is 20.0 Å². The number of fused-ring (bicyclic) bond motifs is 8. The first-order chi connectivity index (χ1) is 39.9. The predicted molar refractivity (Wildman–Crippen MR) is 304 cm³/mol. The lowest BCUT2D eigenvalue weighted by atomic mass is 9.57. The third-order valence-corrected chi connectivity index (χ3v) is 22.7. The van der Waals surface area contributed by atoms with Gasteiger partial charge in [0.05, 0.1) is 58.5 Å². The van der Waals surface area contributed by atoms with Crippen molar-refractivity contribution in [1.82, 2.24) is 28.2 Å². The zero-order chi connectivity index (χ0) is 59.5. The first-order valence-corrected chi connectivity index (χ1v) is 32.0. The highest BCUT2D eigenvalue weighted by Gasteiger charge is 2.63. The maximum atomic E-state index is 15.0. The van der Waals surface area contributed by atoms with Crippen LogP contribution in [0.15, 0.2) is 116 Å². The molecule has 450 valence electrons. The Morgan fingerprint density at radius 1 is 0.631 bits per heavy atom. The fraction of sp³-hybridized carbons (Fsp3) is 0.484. The van der Waals surface area contributed by atoms with Crippen molar-refractivity contribution in [3.05, 3.63) is 155 Å². The summed E-state index contributed by atoms with van der Waals surface area (Å²) in [5.74, 6) is -0.595. The summed E-state index contributed by atoms with van der Waals surface area (Å²) in [4.78, 5) is 0. The number of halogens is 8. The average Bonchev–Trinajstić information content (AvgIpc) is 1.43. The predicted octanol–water partition coefficient (Wildman–Crippen LogP) is 12.6. The minimum absolute atomic E-state index is 0.0523. The first kappa shape index (κ1) is 59.9. The Morgan fingerprint density at radius 3 is 1.52 bits per heavy atom. The average molecular weight is 1210 g/mol. The summed E-state index contributed by atoms with van der Waals surface area (Å²) < 4.78 is 166. The van der Waals surface area contributed by atoms with Crippen LogP contribution in [0.4, 0.5) is 35.1 Å². The lowest BCUT2D eigenvalue weighted by molar-refractivity contribution is -0.301. The van der Waals surface area contributed by atoms with E-state index in [0.29, 0.717) is 75.8 Å². The second-order valence-corrected chi connectivity index (χ2v) is 28.3.